The average Bonchev–Trinajstić information content (AvgIpc) is 2.36. The SMILES string of the molecule is CC1CN(c2ccc(CCN)cc2Br)CC(C)N1C. The van der Waals surface area contributed by atoms with Crippen LogP contribution in [0.2, 0.25) is 0 Å². The molecule has 0 bridgehead atoms. The number of piperazine rings is 1. The number of likely N-dealkylation sites (N-methyl/N-ethyl adjacent to an activating group) is 1. The maximum Gasteiger partial charge on any atom is 0.0511 e. The van der Waals surface area contributed by atoms with Gasteiger partial charge < -0.3 is 10.6 Å². The van der Waals surface area contributed by atoms with Gasteiger partial charge in [0.2, 0.25) is 0 Å². The monoisotopic (exact) mass is 325 g/mol. The Morgan fingerprint density at radius 1 is 1.26 bits per heavy atom. The summed E-state index contributed by atoms with van der Waals surface area (Å²) in [7, 11) is 2.21. The Kier molecular flexibility index (Phi) is 4.87. The molecule has 1 aromatic carbocycles. The third-order valence-electron chi connectivity index (χ3n) is 4.15. The first kappa shape index (κ1) is 14.8. The Morgan fingerprint density at radius 3 is 2.42 bits per heavy atom. The van der Waals surface area contributed by atoms with Gasteiger partial charge in [0.1, 0.15) is 0 Å². The average molecular weight is 326 g/mol. The lowest BCUT2D eigenvalue weighted by Gasteiger charge is -2.43. The van der Waals surface area contributed by atoms with Crippen molar-refractivity contribution in [3.05, 3.63) is 28.2 Å². The van der Waals surface area contributed by atoms with Gasteiger partial charge in [-0.3, -0.25) is 4.90 Å². The molecule has 0 radical (unpaired) electrons. The molecule has 1 heterocycles. The molecular formula is C15H24BrN3. The molecule has 1 fully saturated rings. The minimum Gasteiger partial charge on any atom is -0.368 e. The molecule has 2 atom stereocenters. The second-order valence-electron chi connectivity index (χ2n) is 5.59. The number of halogens is 1. The predicted molar refractivity (Wildman–Crippen MR) is 85.8 cm³/mol. The number of hydrogen-bond donors (Lipinski definition) is 1. The van der Waals surface area contributed by atoms with Gasteiger partial charge in [-0.1, -0.05) is 6.07 Å². The van der Waals surface area contributed by atoms with E-state index in [0.717, 1.165) is 19.5 Å². The van der Waals surface area contributed by atoms with E-state index in [9.17, 15) is 0 Å². The van der Waals surface area contributed by atoms with E-state index in [1.54, 1.807) is 0 Å². The number of hydrogen-bond acceptors (Lipinski definition) is 3. The highest BCUT2D eigenvalue weighted by Gasteiger charge is 2.27. The van der Waals surface area contributed by atoms with Crippen molar-refractivity contribution in [2.45, 2.75) is 32.4 Å². The van der Waals surface area contributed by atoms with E-state index in [2.05, 4.69) is 64.8 Å². The lowest BCUT2D eigenvalue weighted by Crippen LogP contribution is -2.55. The third kappa shape index (κ3) is 3.30. The van der Waals surface area contributed by atoms with Crippen molar-refractivity contribution in [2.24, 2.45) is 5.73 Å². The number of anilines is 1. The van der Waals surface area contributed by atoms with E-state index >= 15 is 0 Å². The molecule has 0 saturated carbocycles. The molecule has 106 valence electrons. The molecular weight excluding hydrogens is 302 g/mol. The maximum atomic E-state index is 5.61. The van der Waals surface area contributed by atoms with Crippen LogP contribution >= 0.6 is 15.9 Å². The van der Waals surface area contributed by atoms with Crippen molar-refractivity contribution < 1.29 is 0 Å². The van der Waals surface area contributed by atoms with Crippen molar-refractivity contribution in [1.29, 1.82) is 0 Å². The summed E-state index contributed by atoms with van der Waals surface area (Å²) in [5.41, 5.74) is 8.21. The first-order chi connectivity index (χ1) is 9.02. The zero-order valence-corrected chi connectivity index (χ0v) is 13.7. The van der Waals surface area contributed by atoms with Crippen LogP contribution in [0.1, 0.15) is 19.4 Å². The molecule has 3 nitrogen and oxygen atoms in total. The fourth-order valence-electron chi connectivity index (χ4n) is 2.73. The van der Waals surface area contributed by atoms with Crippen LogP contribution in [0.15, 0.2) is 22.7 Å². The summed E-state index contributed by atoms with van der Waals surface area (Å²) in [6.45, 7) is 7.44. The van der Waals surface area contributed by atoms with Gasteiger partial charge in [0.05, 0.1) is 5.69 Å². The Bertz CT molecular complexity index is 423. The van der Waals surface area contributed by atoms with Gasteiger partial charge >= 0.3 is 0 Å². The van der Waals surface area contributed by atoms with E-state index in [0.29, 0.717) is 18.6 Å². The van der Waals surface area contributed by atoms with Gasteiger partial charge in [-0.2, -0.15) is 0 Å². The summed E-state index contributed by atoms with van der Waals surface area (Å²) in [6, 6.07) is 7.79. The number of nitrogens with zero attached hydrogens (tertiary/aromatic N) is 2. The van der Waals surface area contributed by atoms with E-state index in [-0.39, 0.29) is 0 Å². The van der Waals surface area contributed by atoms with Crippen LogP contribution in [0.5, 0.6) is 0 Å². The summed E-state index contributed by atoms with van der Waals surface area (Å²) in [6.07, 6.45) is 0.939. The van der Waals surface area contributed by atoms with Crippen LogP contribution in [0.25, 0.3) is 0 Å². The van der Waals surface area contributed by atoms with Gasteiger partial charge in [-0.05, 0) is 67.5 Å². The highest BCUT2D eigenvalue weighted by atomic mass is 79.9. The molecule has 2 N–H and O–H groups in total. The summed E-state index contributed by atoms with van der Waals surface area (Å²) in [5.74, 6) is 0. The summed E-state index contributed by atoms with van der Waals surface area (Å²) in [5, 5.41) is 0. The van der Waals surface area contributed by atoms with Crippen LogP contribution in [0.4, 0.5) is 5.69 Å². The van der Waals surface area contributed by atoms with Crippen LogP contribution in [-0.2, 0) is 6.42 Å². The molecule has 0 spiro atoms. The summed E-state index contributed by atoms with van der Waals surface area (Å²) in [4.78, 5) is 4.93. The number of benzene rings is 1. The van der Waals surface area contributed by atoms with E-state index in [4.69, 9.17) is 5.73 Å². The highest BCUT2D eigenvalue weighted by Crippen LogP contribution is 2.30. The summed E-state index contributed by atoms with van der Waals surface area (Å²) >= 11 is 3.71. The smallest absolute Gasteiger partial charge is 0.0511 e. The topological polar surface area (TPSA) is 32.5 Å². The van der Waals surface area contributed by atoms with Gasteiger partial charge in [0.25, 0.3) is 0 Å². The molecule has 1 aromatic rings. The molecule has 2 rings (SSSR count). The molecule has 2 unspecified atom stereocenters. The Balaban J connectivity index is 2.18. The second-order valence-corrected chi connectivity index (χ2v) is 6.45. The molecule has 19 heavy (non-hydrogen) atoms. The highest BCUT2D eigenvalue weighted by molar-refractivity contribution is 9.10. The van der Waals surface area contributed by atoms with Gasteiger partial charge in [0, 0.05) is 29.6 Å². The van der Waals surface area contributed by atoms with E-state index in [1.807, 2.05) is 0 Å². The first-order valence-electron chi connectivity index (χ1n) is 6.98. The fraction of sp³-hybridized carbons (Fsp3) is 0.600. The largest absolute Gasteiger partial charge is 0.368 e. The van der Waals surface area contributed by atoms with Crippen molar-refractivity contribution >= 4 is 21.6 Å². The van der Waals surface area contributed by atoms with Crippen molar-refractivity contribution in [2.75, 3.05) is 31.6 Å². The molecule has 1 saturated heterocycles. The van der Waals surface area contributed by atoms with E-state index in [1.165, 1.54) is 15.7 Å². The normalized spacial score (nSPS) is 24.8. The predicted octanol–water partition coefficient (Wildman–Crippen LogP) is 2.48. The maximum absolute atomic E-state index is 5.61. The van der Waals surface area contributed by atoms with Crippen molar-refractivity contribution in [3.8, 4) is 0 Å². The zero-order chi connectivity index (χ0) is 14.0. The Morgan fingerprint density at radius 2 is 1.89 bits per heavy atom. The lowest BCUT2D eigenvalue weighted by atomic mass is 10.1. The standard InChI is InChI=1S/C15H24BrN3/c1-11-9-19(10-12(2)18(11)3)15-5-4-13(6-7-17)8-14(15)16/h4-5,8,11-12H,6-7,9-10,17H2,1-3H3. The Hall–Kier alpha value is -0.580. The van der Waals surface area contributed by atoms with Crippen LogP contribution in [-0.4, -0.2) is 43.7 Å². The minimum absolute atomic E-state index is 0.583. The zero-order valence-electron chi connectivity index (χ0n) is 12.1. The Labute approximate surface area is 124 Å². The molecule has 4 heteroatoms. The number of nitrogens with two attached hydrogens (primary N) is 1. The van der Waals surface area contributed by atoms with Gasteiger partial charge in [0.15, 0.2) is 0 Å². The van der Waals surface area contributed by atoms with Crippen molar-refractivity contribution in [3.63, 3.8) is 0 Å². The molecule has 1 aliphatic rings. The molecule has 0 aliphatic carbocycles. The fourth-order valence-corrected chi connectivity index (χ4v) is 3.41. The van der Waals surface area contributed by atoms with Gasteiger partial charge in [-0.15, -0.1) is 0 Å². The first-order valence-corrected chi connectivity index (χ1v) is 7.77. The van der Waals surface area contributed by atoms with E-state index < -0.39 is 0 Å². The molecule has 1 aliphatic heterocycles. The number of rotatable bonds is 3. The second kappa shape index (κ2) is 6.25. The quantitative estimate of drug-likeness (QED) is 0.926. The minimum atomic E-state index is 0.583. The van der Waals surface area contributed by atoms with Crippen LogP contribution in [0.3, 0.4) is 0 Å². The lowest BCUT2D eigenvalue weighted by molar-refractivity contribution is 0.170. The summed E-state index contributed by atoms with van der Waals surface area (Å²) < 4.78 is 1.18. The molecule has 0 amide bonds. The van der Waals surface area contributed by atoms with Crippen molar-refractivity contribution in [1.82, 2.24) is 4.90 Å². The van der Waals surface area contributed by atoms with Crippen LogP contribution < -0.4 is 10.6 Å². The molecule has 0 aromatic heterocycles. The third-order valence-corrected chi connectivity index (χ3v) is 4.78. The van der Waals surface area contributed by atoms with Crippen LogP contribution in [0, 0.1) is 0 Å². The van der Waals surface area contributed by atoms with Gasteiger partial charge in [-0.25, -0.2) is 0 Å².